The molecule has 5 aromatic rings. The first-order chi connectivity index (χ1) is 23.6. The van der Waals surface area contributed by atoms with Crippen molar-refractivity contribution >= 4 is 29.8 Å². The molecule has 18 heteroatoms. The Labute approximate surface area is 376 Å². The maximum Gasteiger partial charge on any atom is 3.00 e. The summed E-state index contributed by atoms with van der Waals surface area (Å²) in [6.45, 7) is 0. The summed E-state index contributed by atoms with van der Waals surface area (Å²) in [6.07, 6.45) is 0. The van der Waals surface area contributed by atoms with Crippen LogP contribution in [0.1, 0.15) is 51.8 Å². The summed E-state index contributed by atoms with van der Waals surface area (Å²) in [7, 11) is 0. The van der Waals surface area contributed by atoms with Gasteiger partial charge < -0.3 is 51.1 Å². The van der Waals surface area contributed by atoms with Crippen LogP contribution in [0, 0.1) is 0 Å². The average molecular weight is 800 g/mol. The molecule has 5 N–H and O–H groups in total. The van der Waals surface area contributed by atoms with Gasteiger partial charge in [-0.15, -0.1) is 0 Å². The average Bonchev–Trinajstić information content (AvgIpc) is 3.06. The minimum atomic E-state index is -1.18. The van der Waals surface area contributed by atoms with Gasteiger partial charge in [-0.2, -0.15) is 0 Å². The second kappa shape index (κ2) is 28.2. The van der Waals surface area contributed by atoms with E-state index in [0.29, 0.717) is 0 Å². The molecule has 0 aliphatic carbocycles. The van der Waals surface area contributed by atoms with Crippen LogP contribution in [0.4, 0.5) is 0 Å². The first kappa shape index (κ1) is 53.0. The molecule has 0 aromatic heterocycles. The molecule has 0 amide bonds. The zero-order valence-corrected chi connectivity index (χ0v) is 34.2. The van der Waals surface area contributed by atoms with Gasteiger partial charge in [-0.25, -0.2) is 24.0 Å². The number of aromatic carboxylic acids is 5. The van der Waals surface area contributed by atoms with Crippen LogP contribution in [-0.2, 0) is 17.4 Å². The van der Waals surface area contributed by atoms with Crippen LogP contribution in [0.5, 0.6) is 28.7 Å². The van der Waals surface area contributed by atoms with Gasteiger partial charge in [0.15, 0.2) is 0 Å². The van der Waals surface area contributed by atoms with Crippen molar-refractivity contribution in [1.29, 1.82) is 0 Å². The molecule has 0 aliphatic heterocycles. The molecule has 0 saturated heterocycles. The quantitative estimate of drug-likeness (QED) is 0.107. The van der Waals surface area contributed by atoms with Crippen LogP contribution in [0.3, 0.4) is 0 Å². The standard InChI is InChI=1S/5C7H6O3.Cr.K.Na/c5*8-6-4-2-1-3-5(6)7(9)10;;;/h5*1-4,8H,(H,9,10);;;/q;;;;;+3;2*+1/p-5. The van der Waals surface area contributed by atoms with Crippen LogP contribution in [0.25, 0.3) is 0 Å². The van der Waals surface area contributed by atoms with Gasteiger partial charge in [0.05, 0.1) is 27.8 Å². The molecule has 263 valence electrons. The summed E-state index contributed by atoms with van der Waals surface area (Å²) < 4.78 is 0. The number of hydrogen-bond donors (Lipinski definition) is 5. The zero-order chi connectivity index (χ0) is 37.8. The van der Waals surface area contributed by atoms with Crippen molar-refractivity contribution in [3.63, 3.8) is 0 Å². The van der Waals surface area contributed by atoms with Gasteiger partial charge in [-0.05, 0) is 30.3 Å². The molecule has 15 nitrogen and oxygen atoms in total. The number of carbonyl (C=O) groups is 5. The van der Waals surface area contributed by atoms with Crippen LogP contribution in [0.15, 0.2) is 121 Å². The van der Waals surface area contributed by atoms with E-state index in [1.54, 1.807) is 0 Å². The van der Waals surface area contributed by atoms with E-state index in [9.17, 15) is 49.5 Å². The van der Waals surface area contributed by atoms with E-state index in [4.69, 9.17) is 25.5 Å². The Morgan fingerprint density at radius 2 is 0.434 bits per heavy atom. The van der Waals surface area contributed by atoms with Crippen molar-refractivity contribution in [3.05, 3.63) is 149 Å². The zero-order valence-electron chi connectivity index (χ0n) is 27.8. The summed E-state index contributed by atoms with van der Waals surface area (Å²) >= 11 is 0. The Balaban J connectivity index is -0.000000581. The third-order valence-corrected chi connectivity index (χ3v) is 5.59. The van der Waals surface area contributed by atoms with Crippen molar-refractivity contribution in [3.8, 4) is 28.7 Å². The monoisotopic (exact) mass is 799 g/mol. The smallest absolute Gasteiger partial charge is 0.872 e. The number of carboxylic acid groups (broad SMARTS) is 5. The molecule has 0 unspecified atom stereocenters. The fourth-order valence-electron chi connectivity index (χ4n) is 3.22. The van der Waals surface area contributed by atoms with E-state index in [1.807, 2.05) is 0 Å². The van der Waals surface area contributed by atoms with Crippen molar-refractivity contribution in [2.75, 3.05) is 0 Å². The minimum Gasteiger partial charge on any atom is -0.872 e. The molecule has 53 heavy (non-hydrogen) atoms. The summed E-state index contributed by atoms with van der Waals surface area (Å²) in [4.78, 5) is 51.1. The number of benzene rings is 5. The molecule has 5 rings (SSSR count). The van der Waals surface area contributed by atoms with Crippen LogP contribution in [0.2, 0.25) is 0 Å². The van der Waals surface area contributed by atoms with E-state index in [0.717, 1.165) is 0 Å². The molecule has 0 fully saturated rings. The van der Waals surface area contributed by atoms with Crippen LogP contribution in [-0.4, -0.2) is 55.4 Å². The largest absolute Gasteiger partial charge is 3.00 e. The van der Waals surface area contributed by atoms with E-state index in [-0.39, 0.29) is 126 Å². The first-order valence-corrected chi connectivity index (χ1v) is 13.5. The summed E-state index contributed by atoms with van der Waals surface area (Å²) in [5.74, 6) is -8.12. The Morgan fingerprint density at radius 1 is 0.321 bits per heavy atom. The topological polar surface area (TPSA) is 302 Å². The third-order valence-electron chi connectivity index (χ3n) is 5.59. The summed E-state index contributed by atoms with van der Waals surface area (Å²) in [5, 5.41) is 95.2. The van der Waals surface area contributed by atoms with E-state index in [1.165, 1.54) is 121 Å². The Bertz CT molecular complexity index is 1620. The Morgan fingerprint density at radius 3 is 0.509 bits per heavy atom. The second-order valence-corrected chi connectivity index (χ2v) is 9.01. The second-order valence-electron chi connectivity index (χ2n) is 9.01. The fraction of sp³-hybridized carbons (Fsp3) is 0. The van der Waals surface area contributed by atoms with Gasteiger partial charge in [0.2, 0.25) is 0 Å². The van der Waals surface area contributed by atoms with Gasteiger partial charge >= 0.3 is 128 Å². The molecule has 5 aromatic carbocycles. The van der Waals surface area contributed by atoms with Gasteiger partial charge in [0.1, 0.15) is 0 Å². The molecule has 0 bridgehead atoms. The maximum atomic E-state index is 10.7. The fourth-order valence-corrected chi connectivity index (χ4v) is 3.22. The number of para-hydroxylation sites is 5. The Kier molecular flexibility index (Phi) is 28.2. The van der Waals surface area contributed by atoms with Crippen LogP contribution < -0.4 is 106 Å². The van der Waals surface area contributed by atoms with Crippen LogP contribution >= 0.6 is 0 Å². The van der Waals surface area contributed by atoms with E-state index in [2.05, 4.69) is 0 Å². The van der Waals surface area contributed by atoms with Gasteiger partial charge in [-0.3, -0.25) is 0 Å². The number of carboxylic acids is 5. The van der Waals surface area contributed by atoms with Crippen molar-refractivity contribution in [2.24, 2.45) is 0 Å². The molecular formula is C35H25CrKNaO15. The van der Waals surface area contributed by atoms with E-state index < -0.39 is 58.6 Å². The van der Waals surface area contributed by atoms with Gasteiger partial charge in [0, 0.05) is 0 Å². The molecule has 0 heterocycles. The van der Waals surface area contributed by atoms with Crippen molar-refractivity contribution < 1.29 is 173 Å². The van der Waals surface area contributed by atoms with E-state index >= 15 is 0 Å². The molecule has 0 atom stereocenters. The first-order valence-electron chi connectivity index (χ1n) is 13.5. The maximum absolute atomic E-state index is 10.7. The third kappa shape index (κ3) is 19.9. The predicted molar refractivity (Wildman–Crippen MR) is 164 cm³/mol. The molecule has 0 spiro atoms. The molecule has 0 saturated carbocycles. The Hall–Kier alpha value is -4.38. The molecule has 1 radical (unpaired) electrons. The van der Waals surface area contributed by atoms with Gasteiger partial charge in [0.25, 0.3) is 0 Å². The van der Waals surface area contributed by atoms with Crippen molar-refractivity contribution in [1.82, 2.24) is 0 Å². The summed E-state index contributed by atoms with van der Waals surface area (Å²) in [6, 6.07) is 27.7. The van der Waals surface area contributed by atoms with Gasteiger partial charge in [-0.1, -0.05) is 120 Å². The summed E-state index contributed by atoms with van der Waals surface area (Å²) in [5.41, 5.74) is -0.891. The number of rotatable bonds is 5. The normalized spacial score (nSPS) is 8.68. The SMILES string of the molecule is O=C(O)c1ccccc1[O-].O=C(O)c1ccccc1[O-].O=C(O)c1ccccc1[O-].O=C(O)c1ccccc1[O-].O=C(O)c1ccccc1[O-].[Cr+3].[K+].[Na+]. The predicted octanol–water partition coefficient (Wildman–Crippen LogP) is -3.70. The number of hydrogen-bond acceptors (Lipinski definition) is 10. The minimum absolute atomic E-state index is 0. The molecule has 0 aliphatic rings. The molecular weight excluding hydrogens is 774 g/mol. The van der Waals surface area contributed by atoms with Crippen molar-refractivity contribution in [2.45, 2.75) is 0 Å².